The molecule has 0 unspecified atom stereocenters. The molecule has 1 aliphatic heterocycles. The molecule has 10 nitrogen and oxygen atoms in total. The van der Waals surface area contributed by atoms with Crippen LogP contribution >= 0.6 is 0 Å². The molecular weight excluding hydrogens is 551 g/mol. The summed E-state index contributed by atoms with van der Waals surface area (Å²) in [6.07, 6.45) is -1.90. The van der Waals surface area contributed by atoms with Gasteiger partial charge in [0.05, 0.1) is 5.56 Å². The fraction of sp³-hybridized carbons (Fsp3) is 0.276. The molecule has 3 heterocycles. The fourth-order valence-corrected chi connectivity index (χ4v) is 4.66. The van der Waals surface area contributed by atoms with E-state index in [0.29, 0.717) is 29.6 Å². The van der Waals surface area contributed by atoms with E-state index in [1.54, 1.807) is 24.3 Å². The standard InChI is InChI=1S/C29H28F3N7O3/c1-18(40)36-25-15-26(35-17-34-25)42-22-5-6-23-19(13-22)7-8-33-27(23)28(41)37-21-4-3-20(24(14-21)29(30,31)32)16-39-11-9-38(2)10-12-39/h3-8,13-15,17H,9-12,16H2,1-2H3,(H,37,41)(H,34,35,36,40). The predicted molar refractivity (Wildman–Crippen MR) is 150 cm³/mol. The molecule has 13 heteroatoms. The summed E-state index contributed by atoms with van der Waals surface area (Å²) < 4.78 is 47.8. The van der Waals surface area contributed by atoms with Crippen LogP contribution < -0.4 is 15.4 Å². The average Bonchev–Trinajstić information content (AvgIpc) is 2.94. The Balaban J connectivity index is 1.34. The quantitative estimate of drug-likeness (QED) is 0.321. The Bertz CT molecular complexity index is 1620. The highest BCUT2D eigenvalue weighted by molar-refractivity contribution is 6.11. The van der Waals surface area contributed by atoms with E-state index in [0.717, 1.165) is 19.2 Å². The number of carbonyl (C=O) groups is 2. The Morgan fingerprint density at radius 2 is 1.74 bits per heavy atom. The molecular formula is C29H28F3N7O3. The minimum absolute atomic E-state index is 0.0203. The highest BCUT2D eigenvalue weighted by Gasteiger charge is 2.34. The smallest absolute Gasteiger partial charge is 0.416 e. The number of likely N-dealkylation sites (N-methyl/N-ethyl adjacent to an activating group) is 1. The maximum Gasteiger partial charge on any atom is 0.416 e. The van der Waals surface area contributed by atoms with Crippen LogP contribution in [0.15, 0.2) is 61.1 Å². The van der Waals surface area contributed by atoms with Gasteiger partial charge in [-0.3, -0.25) is 19.5 Å². The van der Waals surface area contributed by atoms with Crippen molar-refractivity contribution in [3.8, 4) is 11.6 Å². The number of pyridine rings is 1. The van der Waals surface area contributed by atoms with E-state index < -0.39 is 17.6 Å². The second-order valence-corrected chi connectivity index (χ2v) is 9.97. The number of hydrogen-bond donors (Lipinski definition) is 2. The van der Waals surface area contributed by atoms with E-state index in [-0.39, 0.29) is 41.1 Å². The first kappa shape index (κ1) is 28.9. The van der Waals surface area contributed by atoms with Gasteiger partial charge in [0, 0.05) is 63.0 Å². The van der Waals surface area contributed by atoms with E-state index >= 15 is 0 Å². The Morgan fingerprint density at radius 3 is 2.48 bits per heavy atom. The predicted octanol–water partition coefficient (Wildman–Crippen LogP) is 4.79. The molecule has 0 spiro atoms. The molecule has 2 amide bonds. The molecule has 1 saturated heterocycles. The third-order valence-corrected chi connectivity index (χ3v) is 6.78. The van der Waals surface area contributed by atoms with Crippen LogP contribution in [0.1, 0.15) is 28.5 Å². The zero-order valence-corrected chi connectivity index (χ0v) is 22.9. The molecule has 0 radical (unpaired) electrons. The summed E-state index contributed by atoms with van der Waals surface area (Å²) in [5, 5.41) is 6.21. The molecule has 1 fully saturated rings. The van der Waals surface area contributed by atoms with Gasteiger partial charge in [0.15, 0.2) is 0 Å². The summed E-state index contributed by atoms with van der Waals surface area (Å²) >= 11 is 0. The van der Waals surface area contributed by atoms with Crippen molar-refractivity contribution in [2.75, 3.05) is 43.9 Å². The Morgan fingerprint density at radius 1 is 0.952 bits per heavy atom. The SMILES string of the molecule is CC(=O)Nc1cc(Oc2ccc3c(C(=O)Nc4ccc(CN5CCN(C)CC5)c(C(F)(F)F)c4)nccc3c2)ncn1. The number of hydrogen-bond acceptors (Lipinski definition) is 8. The van der Waals surface area contributed by atoms with Gasteiger partial charge in [0.25, 0.3) is 5.91 Å². The van der Waals surface area contributed by atoms with E-state index in [9.17, 15) is 22.8 Å². The lowest BCUT2D eigenvalue weighted by Gasteiger charge is -2.33. The first-order valence-electron chi connectivity index (χ1n) is 13.1. The number of benzene rings is 2. The zero-order chi connectivity index (χ0) is 29.9. The number of aromatic nitrogens is 3. The highest BCUT2D eigenvalue weighted by atomic mass is 19.4. The summed E-state index contributed by atoms with van der Waals surface area (Å²) in [4.78, 5) is 40.8. The van der Waals surface area contributed by atoms with Gasteiger partial charge in [0.2, 0.25) is 11.8 Å². The largest absolute Gasteiger partial charge is 0.439 e. The molecule has 1 aliphatic rings. The number of ether oxygens (including phenoxy) is 1. The topological polar surface area (TPSA) is 113 Å². The summed E-state index contributed by atoms with van der Waals surface area (Å²) in [6, 6.07) is 11.9. The Kier molecular flexibility index (Phi) is 8.31. The lowest BCUT2D eigenvalue weighted by Crippen LogP contribution is -2.44. The number of nitrogens with one attached hydrogen (secondary N) is 2. The van der Waals surface area contributed by atoms with Crippen LogP contribution in [0.25, 0.3) is 10.8 Å². The monoisotopic (exact) mass is 579 g/mol. The third kappa shape index (κ3) is 6.98. The summed E-state index contributed by atoms with van der Waals surface area (Å²) in [6.45, 7) is 4.48. The minimum atomic E-state index is -4.58. The fourth-order valence-electron chi connectivity index (χ4n) is 4.66. The molecule has 4 aromatic rings. The van der Waals surface area contributed by atoms with Crippen molar-refractivity contribution in [1.29, 1.82) is 0 Å². The van der Waals surface area contributed by atoms with Crippen molar-refractivity contribution in [3.05, 3.63) is 77.9 Å². The van der Waals surface area contributed by atoms with Gasteiger partial charge >= 0.3 is 6.18 Å². The second kappa shape index (κ2) is 12.1. The van der Waals surface area contributed by atoms with E-state index in [1.807, 2.05) is 11.9 Å². The number of carbonyl (C=O) groups excluding carboxylic acids is 2. The van der Waals surface area contributed by atoms with Gasteiger partial charge in [-0.1, -0.05) is 6.07 Å². The maximum atomic E-state index is 14.0. The number of rotatable bonds is 7. The number of anilines is 2. The zero-order valence-electron chi connectivity index (χ0n) is 22.9. The number of piperazine rings is 1. The number of halogens is 3. The molecule has 0 atom stereocenters. The summed E-state index contributed by atoms with van der Waals surface area (Å²) in [7, 11) is 1.99. The van der Waals surface area contributed by atoms with Gasteiger partial charge in [-0.25, -0.2) is 9.97 Å². The lowest BCUT2D eigenvalue weighted by molar-refractivity contribution is -0.138. The van der Waals surface area contributed by atoms with Crippen LogP contribution in [0.5, 0.6) is 11.6 Å². The van der Waals surface area contributed by atoms with Crippen molar-refractivity contribution >= 4 is 34.1 Å². The van der Waals surface area contributed by atoms with Crippen molar-refractivity contribution in [2.24, 2.45) is 0 Å². The van der Waals surface area contributed by atoms with Crippen molar-refractivity contribution in [2.45, 2.75) is 19.6 Å². The van der Waals surface area contributed by atoms with E-state index in [2.05, 4.69) is 30.5 Å². The Hall–Kier alpha value is -4.62. The van der Waals surface area contributed by atoms with Gasteiger partial charge in [0.1, 0.15) is 23.6 Å². The normalized spacial score (nSPS) is 14.5. The maximum absolute atomic E-state index is 14.0. The van der Waals surface area contributed by atoms with Crippen LogP contribution in [0, 0.1) is 0 Å². The molecule has 2 N–H and O–H groups in total. The van der Waals surface area contributed by atoms with Gasteiger partial charge < -0.3 is 20.3 Å². The molecule has 0 aliphatic carbocycles. The average molecular weight is 580 g/mol. The second-order valence-electron chi connectivity index (χ2n) is 9.97. The third-order valence-electron chi connectivity index (χ3n) is 6.78. The van der Waals surface area contributed by atoms with Crippen LogP contribution in [0.3, 0.4) is 0 Å². The first-order valence-corrected chi connectivity index (χ1v) is 13.1. The lowest BCUT2D eigenvalue weighted by atomic mass is 10.0. The van der Waals surface area contributed by atoms with Crippen LogP contribution in [0.2, 0.25) is 0 Å². The minimum Gasteiger partial charge on any atom is -0.439 e. The van der Waals surface area contributed by atoms with Crippen molar-refractivity contribution in [3.63, 3.8) is 0 Å². The number of alkyl halides is 3. The molecule has 218 valence electrons. The molecule has 0 bridgehead atoms. The molecule has 2 aromatic carbocycles. The van der Waals surface area contributed by atoms with Gasteiger partial charge in [-0.05, 0) is 54.4 Å². The van der Waals surface area contributed by atoms with Crippen LogP contribution in [-0.2, 0) is 17.5 Å². The first-order chi connectivity index (χ1) is 20.0. The van der Waals surface area contributed by atoms with E-state index in [4.69, 9.17) is 4.74 Å². The van der Waals surface area contributed by atoms with E-state index in [1.165, 1.54) is 37.6 Å². The number of nitrogens with zero attached hydrogens (tertiary/aromatic N) is 5. The molecule has 42 heavy (non-hydrogen) atoms. The highest BCUT2D eigenvalue weighted by Crippen LogP contribution is 2.35. The van der Waals surface area contributed by atoms with Crippen LogP contribution in [-0.4, -0.2) is 69.8 Å². The molecule has 2 aromatic heterocycles. The molecule has 5 rings (SSSR count). The van der Waals surface area contributed by atoms with Crippen molar-refractivity contribution < 1.29 is 27.5 Å². The number of amides is 2. The van der Waals surface area contributed by atoms with Crippen molar-refractivity contribution in [1.82, 2.24) is 24.8 Å². The molecule has 0 saturated carbocycles. The van der Waals surface area contributed by atoms with Gasteiger partial charge in [-0.2, -0.15) is 13.2 Å². The van der Waals surface area contributed by atoms with Gasteiger partial charge in [-0.15, -0.1) is 0 Å². The number of fused-ring (bicyclic) bond motifs is 1. The summed E-state index contributed by atoms with van der Waals surface area (Å²) in [5.74, 6) is -0.0720. The Labute approximate surface area is 239 Å². The van der Waals surface area contributed by atoms with Crippen LogP contribution in [0.4, 0.5) is 24.7 Å². The summed E-state index contributed by atoms with van der Waals surface area (Å²) in [5.41, 5.74) is -0.553.